The number of carbonyl (C=O) groups excluding carboxylic acids is 2. The Bertz CT molecular complexity index is 990. The molecule has 0 saturated carbocycles. The van der Waals surface area contributed by atoms with E-state index in [1.54, 1.807) is 12.1 Å². The molecule has 2 aromatic carbocycles. The quantitative estimate of drug-likeness (QED) is 0.421. The van der Waals surface area contributed by atoms with Gasteiger partial charge in [-0.25, -0.2) is 9.59 Å². The zero-order valence-corrected chi connectivity index (χ0v) is 16.0. The van der Waals surface area contributed by atoms with Crippen LogP contribution < -0.4 is 4.74 Å². The van der Waals surface area contributed by atoms with Gasteiger partial charge < -0.3 is 14.2 Å². The van der Waals surface area contributed by atoms with Crippen LogP contribution in [0.1, 0.15) is 17.0 Å². The second kappa shape index (κ2) is 6.70. The zero-order valence-electron chi connectivity index (χ0n) is 14.4. The van der Waals surface area contributed by atoms with E-state index < -0.39 is 24.0 Å². The van der Waals surface area contributed by atoms with Crippen LogP contribution in [0.5, 0.6) is 5.75 Å². The fourth-order valence-corrected chi connectivity index (χ4v) is 3.68. The lowest BCUT2D eigenvalue weighted by atomic mass is 9.82. The molecule has 6 heteroatoms. The first-order valence-corrected chi connectivity index (χ1v) is 9.05. The molecule has 136 valence electrons. The summed E-state index contributed by atoms with van der Waals surface area (Å²) in [7, 11) is 1.29. The van der Waals surface area contributed by atoms with Crippen molar-refractivity contribution in [1.29, 1.82) is 0 Å². The highest BCUT2D eigenvalue weighted by molar-refractivity contribution is 9.10. The smallest absolute Gasteiger partial charge is 0.344 e. The standard InChI is InChI=1S/C21H15BrO5/c1-11(20(23)25-2)18-16-14-5-3-4-6-15(14)26-21(24)17(16)19(27-18)12-7-9-13(22)10-8-12/h3-10,16,18H,1H2,2H3. The molecule has 2 aromatic rings. The Hall–Kier alpha value is -2.86. The first-order chi connectivity index (χ1) is 13.0. The summed E-state index contributed by atoms with van der Waals surface area (Å²) in [6, 6.07) is 14.6. The lowest BCUT2D eigenvalue weighted by molar-refractivity contribution is -0.137. The molecule has 0 aliphatic carbocycles. The van der Waals surface area contributed by atoms with Crippen molar-refractivity contribution in [3.8, 4) is 5.75 Å². The molecule has 2 heterocycles. The molecule has 2 atom stereocenters. The molecule has 0 bridgehead atoms. The summed E-state index contributed by atoms with van der Waals surface area (Å²) in [5, 5.41) is 0. The van der Waals surface area contributed by atoms with Crippen molar-refractivity contribution in [1.82, 2.24) is 0 Å². The van der Waals surface area contributed by atoms with E-state index in [0.717, 1.165) is 15.6 Å². The van der Waals surface area contributed by atoms with Crippen molar-refractivity contribution in [2.24, 2.45) is 0 Å². The Morgan fingerprint density at radius 1 is 1.15 bits per heavy atom. The van der Waals surface area contributed by atoms with Gasteiger partial charge in [-0.2, -0.15) is 0 Å². The van der Waals surface area contributed by atoms with E-state index in [9.17, 15) is 9.59 Å². The van der Waals surface area contributed by atoms with E-state index in [2.05, 4.69) is 22.5 Å². The summed E-state index contributed by atoms with van der Waals surface area (Å²) < 4.78 is 17.3. The van der Waals surface area contributed by atoms with Gasteiger partial charge in [0.15, 0.2) is 0 Å². The first-order valence-electron chi connectivity index (χ1n) is 8.26. The van der Waals surface area contributed by atoms with Crippen LogP contribution in [0.4, 0.5) is 0 Å². The number of rotatable bonds is 3. The monoisotopic (exact) mass is 426 g/mol. The molecule has 0 radical (unpaired) electrons. The van der Waals surface area contributed by atoms with Crippen LogP contribution in [0.3, 0.4) is 0 Å². The van der Waals surface area contributed by atoms with Crippen molar-refractivity contribution in [3.05, 3.63) is 81.9 Å². The van der Waals surface area contributed by atoms with E-state index in [-0.39, 0.29) is 5.57 Å². The molecule has 0 fully saturated rings. The number of fused-ring (bicyclic) bond motifs is 3. The zero-order chi connectivity index (χ0) is 19.1. The van der Waals surface area contributed by atoms with E-state index >= 15 is 0 Å². The van der Waals surface area contributed by atoms with Crippen LogP contribution >= 0.6 is 15.9 Å². The van der Waals surface area contributed by atoms with Gasteiger partial charge >= 0.3 is 11.9 Å². The normalized spacial score (nSPS) is 20.3. The van der Waals surface area contributed by atoms with Crippen molar-refractivity contribution in [2.75, 3.05) is 7.11 Å². The third kappa shape index (κ3) is 2.86. The van der Waals surface area contributed by atoms with E-state index in [1.807, 2.05) is 36.4 Å². The lowest BCUT2D eigenvalue weighted by Crippen LogP contribution is -2.30. The highest BCUT2D eigenvalue weighted by Crippen LogP contribution is 2.50. The average molecular weight is 427 g/mol. The minimum atomic E-state index is -0.750. The summed E-state index contributed by atoms with van der Waals surface area (Å²) in [4.78, 5) is 24.9. The van der Waals surface area contributed by atoms with E-state index in [4.69, 9.17) is 14.2 Å². The number of esters is 2. The molecule has 5 nitrogen and oxygen atoms in total. The summed E-state index contributed by atoms with van der Waals surface area (Å²) in [6.45, 7) is 3.85. The van der Waals surface area contributed by atoms with Gasteiger partial charge in [0.25, 0.3) is 0 Å². The number of ether oxygens (including phenoxy) is 3. The highest BCUT2D eigenvalue weighted by atomic mass is 79.9. The fraction of sp³-hybridized carbons (Fsp3) is 0.143. The predicted molar refractivity (Wildman–Crippen MR) is 102 cm³/mol. The summed E-state index contributed by atoms with van der Waals surface area (Å²) in [5.74, 6) is -0.709. The van der Waals surface area contributed by atoms with Crippen LogP contribution in [0, 0.1) is 0 Å². The first kappa shape index (κ1) is 17.5. The van der Waals surface area contributed by atoms with Gasteiger partial charge in [0.05, 0.1) is 24.2 Å². The number of halogens is 1. The van der Waals surface area contributed by atoms with Crippen LogP contribution in [-0.4, -0.2) is 25.2 Å². The number of hydrogen-bond donors (Lipinski definition) is 0. The second-order valence-corrected chi connectivity index (χ2v) is 7.13. The van der Waals surface area contributed by atoms with Gasteiger partial charge in [-0.15, -0.1) is 0 Å². The van der Waals surface area contributed by atoms with Crippen LogP contribution in [0.25, 0.3) is 5.76 Å². The SMILES string of the molecule is C=C(C(=O)OC)C1OC(c2ccc(Br)cc2)=C2C(=O)Oc3ccccc3C21. The van der Waals surface area contributed by atoms with Gasteiger partial charge in [-0.3, -0.25) is 0 Å². The summed E-state index contributed by atoms with van der Waals surface area (Å²) in [5.41, 5.74) is 2.02. The third-order valence-corrected chi connectivity index (χ3v) is 5.21. The van der Waals surface area contributed by atoms with Gasteiger partial charge in [-0.1, -0.05) is 52.8 Å². The second-order valence-electron chi connectivity index (χ2n) is 6.21. The highest BCUT2D eigenvalue weighted by Gasteiger charge is 2.49. The maximum Gasteiger partial charge on any atom is 0.344 e. The largest absolute Gasteiger partial charge is 0.483 e. The van der Waals surface area contributed by atoms with Crippen molar-refractivity contribution >= 4 is 33.6 Å². The van der Waals surface area contributed by atoms with Gasteiger partial charge in [0.1, 0.15) is 17.6 Å². The number of benzene rings is 2. The molecule has 4 rings (SSSR count). The average Bonchev–Trinajstić information content (AvgIpc) is 3.09. The Morgan fingerprint density at radius 2 is 1.85 bits per heavy atom. The predicted octanol–water partition coefficient (Wildman–Crippen LogP) is 3.99. The van der Waals surface area contributed by atoms with Gasteiger partial charge in [-0.05, 0) is 18.2 Å². The topological polar surface area (TPSA) is 61.8 Å². The Morgan fingerprint density at radius 3 is 2.56 bits per heavy atom. The maximum atomic E-state index is 12.8. The van der Waals surface area contributed by atoms with Crippen molar-refractivity contribution in [2.45, 2.75) is 12.0 Å². The molecule has 2 aliphatic rings. The fourth-order valence-electron chi connectivity index (χ4n) is 3.42. The Labute approximate surface area is 164 Å². The molecule has 0 saturated heterocycles. The summed E-state index contributed by atoms with van der Waals surface area (Å²) >= 11 is 3.40. The summed E-state index contributed by atoms with van der Waals surface area (Å²) in [6.07, 6.45) is -0.750. The van der Waals surface area contributed by atoms with Gasteiger partial charge in [0.2, 0.25) is 0 Å². The molecular formula is C21H15BrO5. The minimum Gasteiger partial charge on any atom is -0.483 e. The van der Waals surface area contributed by atoms with Crippen molar-refractivity contribution in [3.63, 3.8) is 0 Å². The van der Waals surface area contributed by atoms with E-state index in [1.165, 1.54) is 7.11 Å². The molecular weight excluding hydrogens is 412 g/mol. The molecule has 0 aromatic heterocycles. The van der Waals surface area contributed by atoms with Crippen LogP contribution in [0.15, 0.2) is 70.7 Å². The van der Waals surface area contributed by atoms with Gasteiger partial charge in [0, 0.05) is 15.6 Å². The molecule has 2 unspecified atom stereocenters. The molecule has 2 aliphatic heterocycles. The Kier molecular flexibility index (Phi) is 4.36. The molecule has 27 heavy (non-hydrogen) atoms. The van der Waals surface area contributed by atoms with Crippen LogP contribution in [-0.2, 0) is 19.1 Å². The third-order valence-electron chi connectivity index (χ3n) is 4.68. The number of carbonyl (C=O) groups is 2. The van der Waals surface area contributed by atoms with Crippen LogP contribution in [0.2, 0.25) is 0 Å². The maximum absolute atomic E-state index is 12.8. The lowest BCUT2D eigenvalue weighted by Gasteiger charge is -2.26. The van der Waals surface area contributed by atoms with E-state index in [0.29, 0.717) is 17.1 Å². The molecule has 0 spiro atoms. The molecule has 0 N–H and O–H groups in total. The Balaban J connectivity index is 1.89. The van der Waals surface area contributed by atoms with Crippen molar-refractivity contribution < 1.29 is 23.8 Å². The minimum absolute atomic E-state index is 0.150. The molecule has 0 amide bonds. The number of methoxy groups -OCH3 is 1. The number of para-hydroxylation sites is 1. The number of hydrogen-bond acceptors (Lipinski definition) is 5.